The molecule has 1 aromatic carbocycles. The number of hydrogen-bond acceptors (Lipinski definition) is 3. The highest BCUT2D eigenvalue weighted by Gasteiger charge is 2.08. The normalized spacial score (nSPS) is 9.94. The van der Waals surface area contributed by atoms with Crippen LogP contribution < -0.4 is 11.1 Å². The topological polar surface area (TPSA) is 68.0 Å². The van der Waals surface area contributed by atoms with Gasteiger partial charge >= 0.3 is 0 Å². The van der Waals surface area contributed by atoms with Gasteiger partial charge in [0.05, 0.1) is 5.56 Å². The summed E-state index contributed by atoms with van der Waals surface area (Å²) < 4.78 is 0. The highest BCUT2D eigenvalue weighted by atomic mass is 16.1. The van der Waals surface area contributed by atoms with E-state index in [2.05, 4.69) is 10.3 Å². The molecule has 4 nitrogen and oxygen atoms in total. The van der Waals surface area contributed by atoms with Crippen molar-refractivity contribution in [3.63, 3.8) is 0 Å². The van der Waals surface area contributed by atoms with Crippen molar-refractivity contribution in [1.82, 2.24) is 4.98 Å². The summed E-state index contributed by atoms with van der Waals surface area (Å²) in [5, 5.41) is 2.79. The van der Waals surface area contributed by atoms with Crippen LogP contribution in [0.5, 0.6) is 0 Å². The van der Waals surface area contributed by atoms with E-state index in [0.29, 0.717) is 22.6 Å². The molecule has 0 aliphatic rings. The number of nitrogens with one attached hydrogen (secondary N) is 1. The van der Waals surface area contributed by atoms with E-state index < -0.39 is 0 Å². The van der Waals surface area contributed by atoms with E-state index in [-0.39, 0.29) is 5.91 Å². The van der Waals surface area contributed by atoms with Crippen molar-refractivity contribution in [3.8, 4) is 0 Å². The summed E-state index contributed by atoms with van der Waals surface area (Å²) in [5.41, 5.74) is 8.23. The van der Waals surface area contributed by atoms with E-state index >= 15 is 0 Å². The number of amides is 1. The first-order valence-electron chi connectivity index (χ1n) is 5.25. The molecule has 1 amide bonds. The maximum Gasteiger partial charge on any atom is 0.257 e. The molecule has 1 aromatic heterocycles. The van der Waals surface area contributed by atoms with E-state index in [1.165, 1.54) is 0 Å². The average Bonchev–Trinajstić information content (AvgIpc) is 2.32. The van der Waals surface area contributed by atoms with Gasteiger partial charge < -0.3 is 11.1 Å². The first-order chi connectivity index (χ1) is 8.16. The second-order valence-electron chi connectivity index (χ2n) is 3.71. The molecule has 2 rings (SSSR count). The summed E-state index contributed by atoms with van der Waals surface area (Å²) in [7, 11) is 0. The quantitative estimate of drug-likeness (QED) is 0.773. The lowest BCUT2D eigenvalue weighted by molar-refractivity contribution is 0.102. The monoisotopic (exact) mass is 227 g/mol. The van der Waals surface area contributed by atoms with Crippen LogP contribution in [0.25, 0.3) is 0 Å². The first-order valence-corrected chi connectivity index (χ1v) is 5.25. The van der Waals surface area contributed by atoms with Crippen molar-refractivity contribution in [2.45, 2.75) is 6.92 Å². The molecule has 17 heavy (non-hydrogen) atoms. The van der Waals surface area contributed by atoms with Crippen molar-refractivity contribution in [2.75, 3.05) is 11.1 Å². The average molecular weight is 227 g/mol. The molecule has 0 bridgehead atoms. The van der Waals surface area contributed by atoms with Crippen LogP contribution in [-0.2, 0) is 0 Å². The van der Waals surface area contributed by atoms with E-state index in [1.54, 1.807) is 49.5 Å². The summed E-state index contributed by atoms with van der Waals surface area (Å²) in [4.78, 5) is 16.0. The Kier molecular flexibility index (Phi) is 3.05. The van der Waals surface area contributed by atoms with Crippen molar-refractivity contribution >= 4 is 17.3 Å². The van der Waals surface area contributed by atoms with E-state index in [0.717, 1.165) is 0 Å². The molecular weight excluding hydrogens is 214 g/mol. The minimum absolute atomic E-state index is 0.166. The molecule has 3 N–H and O–H groups in total. The predicted octanol–water partition coefficient (Wildman–Crippen LogP) is 2.22. The third-order valence-corrected chi connectivity index (χ3v) is 2.42. The Morgan fingerprint density at radius 1 is 1.24 bits per heavy atom. The molecule has 0 saturated heterocycles. The largest absolute Gasteiger partial charge is 0.399 e. The van der Waals surface area contributed by atoms with Gasteiger partial charge in [-0.3, -0.25) is 9.78 Å². The van der Waals surface area contributed by atoms with E-state index in [4.69, 9.17) is 5.73 Å². The molecule has 0 saturated carbocycles. The van der Waals surface area contributed by atoms with Crippen LogP contribution in [0.3, 0.4) is 0 Å². The third kappa shape index (κ3) is 2.60. The number of anilines is 2. The molecule has 0 unspecified atom stereocenters. The fourth-order valence-electron chi connectivity index (χ4n) is 1.49. The lowest BCUT2D eigenvalue weighted by Gasteiger charge is -2.06. The summed E-state index contributed by atoms with van der Waals surface area (Å²) >= 11 is 0. The molecule has 0 spiro atoms. The molecule has 0 radical (unpaired) electrons. The SMILES string of the molecule is Cc1ncccc1C(=O)Nc1ccc(N)cc1. The second-order valence-corrected chi connectivity index (χ2v) is 3.71. The van der Waals surface area contributed by atoms with Gasteiger partial charge in [0, 0.05) is 23.3 Å². The van der Waals surface area contributed by atoms with Gasteiger partial charge in [-0.2, -0.15) is 0 Å². The minimum Gasteiger partial charge on any atom is -0.399 e. The Morgan fingerprint density at radius 2 is 1.94 bits per heavy atom. The van der Waals surface area contributed by atoms with Gasteiger partial charge in [0.15, 0.2) is 0 Å². The zero-order valence-corrected chi connectivity index (χ0v) is 9.47. The number of benzene rings is 1. The van der Waals surface area contributed by atoms with Crippen molar-refractivity contribution in [2.24, 2.45) is 0 Å². The lowest BCUT2D eigenvalue weighted by atomic mass is 10.2. The standard InChI is InChI=1S/C13H13N3O/c1-9-12(3-2-8-15-9)13(17)16-11-6-4-10(14)5-7-11/h2-8H,14H2,1H3,(H,16,17). The highest BCUT2D eigenvalue weighted by Crippen LogP contribution is 2.13. The number of carbonyl (C=O) groups excluding carboxylic acids is 1. The Morgan fingerprint density at radius 3 is 2.59 bits per heavy atom. The van der Waals surface area contributed by atoms with Crippen molar-refractivity contribution in [3.05, 3.63) is 53.9 Å². The molecule has 0 aliphatic carbocycles. The van der Waals surface area contributed by atoms with Crippen LogP contribution >= 0.6 is 0 Å². The van der Waals surface area contributed by atoms with Gasteiger partial charge in [-0.15, -0.1) is 0 Å². The maximum absolute atomic E-state index is 11.9. The molecule has 4 heteroatoms. The van der Waals surface area contributed by atoms with Crippen LogP contribution in [-0.4, -0.2) is 10.9 Å². The van der Waals surface area contributed by atoms with Gasteiger partial charge in [-0.1, -0.05) is 0 Å². The first kappa shape index (κ1) is 11.1. The minimum atomic E-state index is -0.166. The maximum atomic E-state index is 11.9. The van der Waals surface area contributed by atoms with Gasteiger partial charge in [0.2, 0.25) is 0 Å². The number of rotatable bonds is 2. The van der Waals surface area contributed by atoms with Crippen molar-refractivity contribution < 1.29 is 4.79 Å². The van der Waals surface area contributed by atoms with E-state index in [1.807, 2.05) is 0 Å². The summed E-state index contributed by atoms with van der Waals surface area (Å²) in [6, 6.07) is 10.5. The fraction of sp³-hybridized carbons (Fsp3) is 0.0769. The molecule has 0 fully saturated rings. The Bertz CT molecular complexity index is 535. The number of nitrogens with two attached hydrogens (primary N) is 1. The van der Waals surface area contributed by atoms with Gasteiger partial charge in [-0.25, -0.2) is 0 Å². The molecule has 1 heterocycles. The van der Waals surface area contributed by atoms with Crippen LogP contribution in [0.2, 0.25) is 0 Å². The van der Waals surface area contributed by atoms with Gasteiger partial charge in [0.1, 0.15) is 0 Å². The number of nitrogens with zero attached hydrogens (tertiary/aromatic N) is 1. The van der Waals surface area contributed by atoms with E-state index in [9.17, 15) is 4.79 Å². The zero-order valence-electron chi connectivity index (χ0n) is 9.47. The number of hydrogen-bond donors (Lipinski definition) is 2. The smallest absolute Gasteiger partial charge is 0.257 e. The zero-order chi connectivity index (χ0) is 12.3. The fourth-order valence-corrected chi connectivity index (χ4v) is 1.49. The molecule has 0 atom stereocenters. The van der Waals surface area contributed by atoms with Crippen LogP contribution in [0.1, 0.15) is 16.1 Å². The number of carbonyl (C=O) groups is 1. The molecule has 0 aliphatic heterocycles. The lowest BCUT2D eigenvalue weighted by Crippen LogP contribution is -2.13. The van der Waals surface area contributed by atoms with Gasteiger partial charge in [0.25, 0.3) is 5.91 Å². The Labute approximate surface area is 99.5 Å². The summed E-state index contributed by atoms with van der Waals surface area (Å²) in [6.45, 7) is 1.80. The molecule has 86 valence electrons. The third-order valence-electron chi connectivity index (χ3n) is 2.42. The number of pyridine rings is 1. The van der Waals surface area contributed by atoms with Crippen molar-refractivity contribution in [1.29, 1.82) is 0 Å². The highest BCUT2D eigenvalue weighted by molar-refractivity contribution is 6.04. The predicted molar refractivity (Wildman–Crippen MR) is 67.8 cm³/mol. The number of aryl methyl sites for hydroxylation is 1. The summed E-state index contributed by atoms with van der Waals surface area (Å²) in [5.74, 6) is -0.166. The second kappa shape index (κ2) is 4.65. The number of nitrogen functional groups attached to an aromatic ring is 1. The Hall–Kier alpha value is -2.36. The van der Waals surface area contributed by atoms with Crippen LogP contribution in [0, 0.1) is 6.92 Å². The molecule has 2 aromatic rings. The van der Waals surface area contributed by atoms with Crippen LogP contribution in [0.15, 0.2) is 42.6 Å². The van der Waals surface area contributed by atoms with Crippen LogP contribution in [0.4, 0.5) is 11.4 Å². The number of aromatic nitrogens is 1. The summed E-state index contributed by atoms with van der Waals surface area (Å²) in [6.07, 6.45) is 1.66. The Balaban J connectivity index is 2.17. The molecular formula is C13H13N3O. The van der Waals surface area contributed by atoms with Gasteiger partial charge in [-0.05, 0) is 43.3 Å².